The van der Waals surface area contributed by atoms with Gasteiger partial charge < -0.3 is 25.1 Å². The van der Waals surface area contributed by atoms with Crippen molar-refractivity contribution in [2.24, 2.45) is 5.92 Å². The molecule has 0 fully saturated rings. The standard InChI is InChI=1S/C34H36N4O4/c1-2-28(23-40-20-25-12-6-3-7-13-25)32(41-21-26-14-8-4-9-15-26)33(42-22-27-16-10-5-11-17-27)31(39)29-18-19-30-34(35)36-24-37-38(29)30/h2-19,24,28,31-33,39H,1,20-23H2,(H2,35,36,37). The second-order valence-electron chi connectivity index (χ2n) is 10.1. The lowest BCUT2D eigenvalue weighted by Crippen LogP contribution is -2.43. The van der Waals surface area contributed by atoms with E-state index < -0.39 is 18.3 Å². The van der Waals surface area contributed by atoms with E-state index in [1.54, 1.807) is 16.6 Å². The number of aliphatic hydroxyl groups is 1. The van der Waals surface area contributed by atoms with Crippen molar-refractivity contribution in [3.05, 3.63) is 144 Å². The van der Waals surface area contributed by atoms with Gasteiger partial charge in [-0.25, -0.2) is 9.50 Å². The summed E-state index contributed by atoms with van der Waals surface area (Å²) in [6.45, 7) is 5.45. The van der Waals surface area contributed by atoms with Crippen molar-refractivity contribution in [1.29, 1.82) is 0 Å². The third kappa shape index (κ3) is 7.29. The van der Waals surface area contributed by atoms with Crippen LogP contribution in [0, 0.1) is 5.92 Å². The number of ether oxygens (including phenoxy) is 3. The van der Waals surface area contributed by atoms with Crippen molar-refractivity contribution in [2.75, 3.05) is 12.3 Å². The Morgan fingerprint density at radius 3 is 1.88 bits per heavy atom. The first-order chi connectivity index (χ1) is 20.6. The molecule has 0 radical (unpaired) electrons. The summed E-state index contributed by atoms with van der Waals surface area (Å²) >= 11 is 0. The second kappa shape index (κ2) is 14.5. The summed E-state index contributed by atoms with van der Waals surface area (Å²) in [4.78, 5) is 4.08. The summed E-state index contributed by atoms with van der Waals surface area (Å²) in [6.07, 6.45) is 0.616. The Morgan fingerprint density at radius 1 is 0.762 bits per heavy atom. The van der Waals surface area contributed by atoms with E-state index >= 15 is 0 Å². The van der Waals surface area contributed by atoms with Crippen LogP contribution in [0.5, 0.6) is 0 Å². The largest absolute Gasteiger partial charge is 0.384 e. The predicted octanol–water partition coefficient (Wildman–Crippen LogP) is 5.53. The number of aromatic nitrogens is 3. The molecule has 2 aromatic heterocycles. The highest BCUT2D eigenvalue weighted by Gasteiger charge is 2.37. The van der Waals surface area contributed by atoms with Crippen molar-refractivity contribution >= 4 is 11.3 Å². The summed E-state index contributed by atoms with van der Waals surface area (Å²) in [5.41, 5.74) is 10.2. The smallest absolute Gasteiger partial charge is 0.151 e. The first-order valence-electron chi connectivity index (χ1n) is 14.0. The molecule has 0 aliphatic carbocycles. The molecule has 5 aromatic rings. The van der Waals surface area contributed by atoms with Crippen molar-refractivity contribution < 1.29 is 19.3 Å². The van der Waals surface area contributed by atoms with Crippen molar-refractivity contribution in [2.45, 2.75) is 38.1 Å². The fourth-order valence-corrected chi connectivity index (χ4v) is 4.91. The minimum Gasteiger partial charge on any atom is -0.384 e. The molecule has 8 heteroatoms. The second-order valence-corrected chi connectivity index (χ2v) is 10.1. The summed E-state index contributed by atoms with van der Waals surface area (Å²) < 4.78 is 20.8. The van der Waals surface area contributed by atoms with Crippen LogP contribution in [0.1, 0.15) is 28.5 Å². The van der Waals surface area contributed by atoms with E-state index in [0.717, 1.165) is 16.7 Å². The number of nitrogens with two attached hydrogens (primary N) is 1. The fourth-order valence-electron chi connectivity index (χ4n) is 4.91. The molecule has 4 atom stereocenters. The van der Waals surface area contributed by atoms with Gasteiger partial charge in [0, 0.05) is 5.92 Å². The highest BCUT2D eigenvalue weighted by molar-refractivity contribution is 5.65. The van der Waals surface area contributed by atoms with Gasteiger partial charge in [0.2, 0.25) is 0 Å². The number of rotatable bonds is 15. The van der Waals surface area contributed by atoms with Gasteiger partial charge in [-0.2, -0.15) is 5.10 Å². The van der Waals surface area contributed by atoms with E-state index in [2.05, 4.69) is 16.7 Å². The third-order valence-corrected chi connectivity index (χ3v) is 7.17. The van der Waals surface area contributed by atoms with E-state index in [0.29, 0.717) is 36.8 Å². The summed E-state index contributed by atoms with van der Waals surface area (Å²) in [5, 5.41) is 16.3. The summed E-state index contributed by atoms with van der Waals surface area (Å²) in [6, 6.07) is 33.3. The highest BCUT2D eigenvalue weighted by Crippen LogP contribution is 2.31. The van der Waals surface area contributed by atoms with Gasteiger partial charge in [0.15, 0.2) is 5.82 Å². The molecule has 5 rings (SSSR count). The van der Waals surface area contributed by atoms with Crippen LogP contribution in [0.25, 0.3) is 5.52 Å². The van der Waals surface area contributed by atoms with Crippen LogP contribution in [0.3, 0.4) is 0 Å². The van der Waals surface area contributed by atoms with Gasteiger partial charge in [0.05, 0.1) is 38.2 Å². The minimum atomic E-state index is -1.12. The van der Waals surface area contributed by atoms with E-state index in [9.17, 15) is 5.11 Å². The molecule has 0 spiro atoms. The number of nitrogen functional groups attached to an aromatic ring is 1. The SMILES string of the molecule is C=CC(COCc1ccccc1)C(OCc1ccccc1)C(OCc1ccccc1)C(O)c1ccc2c(N)ncnn12. The summed E-state index contributed by atoms with van der Waals surface area (Å²) in [7, 11) is 0. The molecule has 3 aromatic carbocycles. The molecule has 0 aliphatic heterocycles. The lowest BCUT2D eigenvalue weighted by atomic mass is 9.93. The number of benzene rings is 3. The van der Waals surface area contributed by atoms with Gasteiger partial charge >= 0.3 is 0 Å². The zero-order valence-electron chi connectivity index (χ0n) is 23.4. The van der Waals surface area contributed by atoms with Crippen molar-refractivity contribution in [3.63, 3.8) is 0 Å². The van der Waals surface area contributed by atoms with Crippen molar-refractivity contribution in [3.8, 4) is 0 Å². The highest BCUT2D eigenvalue weighted by atomic mass is 16.6. The molecule has 0 bridgehead atoms. The topological polar surface area (TPSA) is 104 Å². The molecule has 0 aliphatic rings. The Balaban J connectivity index is 1.46. The van der Waals surface area contributed by atoms with E-state index in [-0.39, 0.29) is 12.5 Å². The molecule has 0 amide bonds. The molecule has 216 valence electrons. The van der Waals surface area contributed by atoms with E-state index in [4.69, 9.17) is 19.9 Å². The van der Waals surface area contributed by atoms with Crippen LogP contribution < -0.4 is 5.73 Å². The first-order valence-corrected chi connectivity index (χ1v) is 14.0. The van der Waals surface area contributed by atoms with E-state index in [1.807, 2.05) is 97.1 Å². The zero-order valence-corrected chi connectivity index (χ0v) is 23.4. The maximum atomic E-state index is 11.9. The van der Waals surface area contributed by atoms with Gasteiger partial charge in [-0.3, -0.25) is 0 Å². The lowest BCUT2D eigenvalue weighted by Gasteiger charge is -2.35. The van der Waals surface area contributed by atoms with Crippen LogP contribution in [0.2, 0.25) is 0 Å². The first kappa shape index (κ1) is 29.2. The molecule has 4 unspecified atom stereocenters. The van der Waals surface area contributed by atoms with Crippen LogP contribution in [-0.4, -0.2) is 38.5 Å². The van der Waals surface area contributed by atoms with Crippen LogP contribution >= 0.6 is 0 Å². The van der Waals surface area contributed by atoms with Gasteiger partial charge in [-0.1, -0.05) is 97.1 Å². The Labute approximate surface area is 246 Å². The number of aliphatic hydroxyl groups excluding tert-OH is 1. The van der Waals surface area contributed by atoms with Crippen molar-refractivity contribution in [1.82, 2.24) is 14.6 Å². The van der Waals surface area contributed by atoms with Gasteiger partial charge in [0.25, 0.3) is 0 Å². The van der Waals surface area contributed by atoms with Crippen LogP contribution in [0.15, 0.2) is 122 Å². The molecule has 0 saturated carbocycles. The maximum absolute atomic E-state index is 11.9. The quantitative estimate of drug-likeness (QED) is 0.161. The normalized spacial score (nSPS) is 14.3. The predicted molar refractivity (Wildman–Crippen MR) is 162 cm³/mol. The molecule has 0 saturated heterocycles. The molecule has 2 heterocycles. The maximum Gasteiger partial charge on any atom is 0.151 e. The Morgan fingerprint density at radius 2 is 1.31 bits per heavy atom. The fraction of sp³-hybridized carbons (Fsp3) is 0.235. The number of hydrogen-bond acceptors (Lipinski definition) is 7. The molecular formula is C34H36N4O4. The van der Waals surface area contributed by atoms with Gasteiger partial charge in [-0.15, -0.1) is 6.58 Å². The molecular weight excluding hydrogens is 528 g/mol. The molecule has 42 heavy (non-hydrogen) atoms. The van der Waals surface area contributed by atoms with Crippen LogP contribution in [-0.2, 0) is 34.0 Å². The van der Waals surface area contributed by atoms with E-state index in [1.165, 1.54) is 6.33 Å². The average molecular weight is 565 g/mol. The monoisotopic (exact) mass is 564 g/mol. The zero-order chi connectivity index (χ0) is 29.1. The Kier molecular flexibility index (Phi) is 10.1. The third-order valence-electron chi connectivity index (χ3n) is 7.17. The van der Waals surface area contributed by atoms with Gasteiger partial charge in [0.1, 0.15) is 24.1 Å². The number of nitrogens with zero attached hydrogens (tertiary/aromatic N) is 3. The molecule has 3 N–H and O–H groups in total. The minimum absolute atomic E-state index is 0.267. The summed E-state index contributed by atoms with van der Waals surface area (Å²) in [5.74, 6) is 0.0131. The van der Waals surface area contributed by atoms with Gasteiger partial charge in [-0.05, 0) is 28.8 Å². The Bertz CT molecular complexity index is 1530. The number of anilines is 1. The Hall–Kier alpha value is -4.34. The number of hydrogen-bond donors (Lipinski definition) is 2. The molecule has 8 nitrogen and oxygen atoms in total. The van der Waals surface area contributed by atoms with Crippen LogP contribution in [0.4, 0.5) is 5.82 Å². The average Bonchev–Trinajstić information content (AvgIpc) is 3.48. The number of fused-ring (bicyclic) bond motifs is 1. The lowest BCUT2D eigenvalue weighted by molar-refractivity contribution is -0.154.